The minimum Gasteiger partial charge on any atom is -0.398 e. The van der Waals surface area contributed by atoms with Crippen molar-refractivity contribution in [1.29, 1.82) is 0 Å². The highest BCUT2D eigenvalue weighted by molar-refractivity contribution is 5.92. The zero-order chi connectivity index (χ0) is 14.7. The summed E-state index contributed by atoms with van der Waals surface area (Å²) in [6.45, 7) is 8.98. The normalized spacial score (nSPS) is 23.6. The van der Waals surface area contributed by atoms with Crippen LogP contribution in [0.4, 0.5) is 11.4 Å². The highest BCUT2D eigenvalue weighted by Crippen LogP contribution is 2.22. The molecule has 110 valence electrons. The van der Waals surface area contributed by atoms with E-state index in [9.17, 15) is 4.79 Å². The molecule has 1 aromatic carbocycles. The third kappa shape index (κ3) is 3.73. The van der Waals surface area contributed by atoms with Crippen molar-refractivity contribution in [2.24, 2.45) is 11.8 Å². The van der Waals surface area contributed by atoms with Gasteiger partial charge in [-0.05, 0) is 49.4 Å². The number of benzene rings is 1. The van der Waals surface area contributed by atoms with Crippen molar-refractivity contribution in [2.75, 3.05) is 30.7 Å². The molecule has 0 saturated carbocycles. The minimum atomic E-state index is 0.0370. The first-order chi connectivity index (χ1) is 9.45. The fourth-order valence-electron chi connectivity index (χ4n) is 2.61. The fourth-order valence-corrected chi connectivity index (χ4v) is 2.61. The van der Waals surface area contributed by atoms with E-state index < -0.39 is 0 Å². The molecule has 1 aliphatic heterocycles. The average Bonchev–Trinajstić information content (AvgIpc) is 2.38. The van der Waals surface area contributed by atoms with E-state index in [1.54, 1.807) is 0 Å². The van der Waals surface area contributed by atoms with Crippen LogP contribution in [0.25, 0.3) is 0 Å². The molecule has 1 heterocycles. The van der Waals surface area contributed by atoms with Crippen LogP contribution >= 0.6 is 0 Å². The molecular weight excluding hydrogens is 250 g/mol. The molecule has 1 saturated heterocycles. The van der Waals surface area contributed by atoms with E-state index in [0.717, 1.165) is 30.3 Å². The van der Waals surface area contributed by atoms with E-state index in [0.29, 0.717) is 18.2 Å². The molecule has 0 bridgehead atoms. The molecule has 1 aromatic rings. The predicted octanol–water partition coefficient (Wildman–Crippen LogP) is 2.49. The second-order valence-corrected chi connectivity index (χ2v) is 6.10. The van der Waals surface area contributed by atoms with Crippen molar-refractivity contribution in [3.05, 3.63) is 23.8 Å². The molecule has 4 heteroatoms. The lowest BCUT2D eigenvalue weighted by Gasteiger charge is -2.34. The van der Waals surface area contributed by atoms with Gasteiger partial charge in [0.2, 0.25) is 5.91 Å². The number of hydrogen-bond acceptors (Lipinski definition) is 3. The Labute approximate surface area is 121 Å². The van der Waals surface area contributed by atoms with Crippen molar-refractivity contribution in [3.63, 3.8) is 0 Å². The first kappa shape index (κ1) is 14.9. The number of likely N-dealkylation sites (tertiary alicyclic amines) is 1. The molecular formula is C16H25N3O. The summed E-state index contributed by atoms with van der Waals surface area (Å²) in [5.74, 6) is 1.45. The number of nitrogens with two attached hydrogens (primary N) is 1. The highest BCUT2D eigenvalue weighted by Gasteiger charge is 2.23. The van der Waals surface area contributed by atoms with E-state index >= 15 is 0 Å². The number of rotatable bonds is 3. The number of carbonyl (C=O) groups excluding carboxylic acids is 1. The van der Waals surface area contributed by atoms with E-state index in [1.165, 1.54) is 6.42 Å². The summed E-state index contributed by atoms with van der Waals surface area (Å²) in [5.41, 5.74) is 8.37. The number of carbonyl (C=O) groups is 1. The third-order valence-corrected chi connectivity index (χ3v) is 4.35. The summed E-state index contributed by atoms with van der Waals surface area (Å²) in [5, 5.41) is 2.92. The van der Waals surface area contributed by atoms with Crippen molar-refractivity contribution < 1.29 is 4.79 Å². The Morgan fingerprint density at radius 2 is 2.15 bits per heavy atom. The summed E-state index contributed by atoms with van der Waals surface area (Å²) >= 11 is 0. The largest absolute Gasteiger partial charge is 0.398 e. The summed E-state index contributed by atoms with van der Waals surface area (Å²) < 4.78 is 0. The van der Waals surface area contributed by atoms with Crippen LogP contribution in [0.2, 0.25) is 0 Å². The number of nitrogens with one attached hydrogen (secondary N) is 1. The maximum Gasteiger partial charge on any atom is 0.238 e. The molecule has 0 aliphatic carbocycles. The van der Waals surface area contributed by atoms with E-state index in [4.69, 9.17) is 5.73 Å². The molecule has 2 unspecified atom stereocenters. The summed E-state index contributed by atoms with van der Waals surface area (Å²) in [4.78, 5) is 14.3. The molecule has 1 aliphatic rings. The van der Waals surface area contributed by atoms with Gasteiger partial charge < -0.3 is 11.1 Å². The Bertz CT molecular complexity index is 487. The maximum absolute atomic E-state index is 12.1. The monoisotopic (exact) mass is 275 g/mol. The number of nitrogens with zero attached hydrogens (tertiary/aromatic N) is 1. The quantitative estimate of drug-likeness (QED) is 0.833. The summed E-state index contributed by atoms with van der Waals surface area (Å²) in [7, 11) is 0. The zero-order valence-corrected chi connectivity index (χ0v) is 12.6. The van der Waals surface area contributed by atoms with Crippen LogP contribution in [0.1, 0.15) is 25.8 Å². The van der Waals surface area contributed by atoms with Crippen molar-refractivity contribution in [2.45, 2.75) is 27.2 Å². The van der Waals surface area contributed by atoms with Crippen molar-refractivity contribution in [3.8, 4) is 0 Å². The lowest BCUT2D eigenvalue weighted by Crippen LogP contribution is -2.42. The van der Waals surface area contributed by atoms with Gasteiger partial charge in [0.05, 0.1) is 6.54 Å². The lowest BCUT2D eigenvalue weighted by atomic mass is 9.89. The van der Waals surface area contributed by atoms with Crippen LogP contribution in [0, 0.1) is 18.8 Å². The second-order valence-electron chi connectivity index (χ2n) is 6.10. The van der Waals surface area contributed by atoms with E-state index in [-0.39, 0.29) is 5.91 Å². The number of aryl methyl sites for hydroxylation is 1. The van der Waals surface area contributed by atoms with E-state index in [2.05, 4.69) is 24.1 Å². The Morgan fingerprint density at radius 1 is 1.40 bits per heavy atom. The number of nitrogen functional groups attached to an aromatic ring is 1. The first-order valence-electron chi connectivity index (χ1n) is 7.34. The number of amides is 1. The zero-order valence-electron chi connectivity index (χ0n) is 12.6. The smallest absolute Gasteiger partial charge is 0.238 e. The fraction of sp³-hybridized carbons (Fsp3) is 0.562. The Morgan fingerprint density at radius 3 is 2.80 bits per heavy atom. The molecule has 20 heavy (non-hydrogen) atoms. The van der Waals surface area contributed by atoms with Gasteiger partial charge in [0.1, 0.15) is 0 Å². The standard InChI is InChI=1S/C16H25N3O/c1-11-6-7-19(9-13(11)3)10-16(20)18-14-5-4-12(2)15(17)8-14/h4-5,8,11,13H,6-7,9-10,17H2,1-3H3,(H,18,20). The molecule has 4 nitrogen and oxygen atoms in total. The lowest BCUT2D eigenvalue weighted by molar-refractivity contribution is -0.117. The average molecular weight is 275 g/mol. The van der Waals surface area contributed by atoms with Gasteiger partial charge in [0, 0.05) is 17.9 Å². The number of piperidine rings is 1. The maximum atomic E-state index is 12.1. The van der Waals surface area contributed by atoms with Gasteiger partial charge in [-0.1, -0.05) is 19.9 Å². The van der Waals surface area contributed by atoms with Crippen molar-refractivity contribution >= 4 is 17.3 Å². The van der Waals surface area contributed by atoms with Crippen LogP contribution in [0.5, 0.6) is 0 Å². The molecule has 2 rings (SSSR count). The van der Waals surface area contributed by atoms with Gasteiger partial charge in [-0.3, -0.25) is 9.69 Å². The third-order valence-electron chi connectivity index (χ3n) is 4.35. The second kappa shape index (κ2) is 6.27. The van der Waals surface area contributed by atoms with Gasteiger partial charge >= 0.3 is 0 Å². The van der Waals surface area contributed by atoms with Crippen LogP contribution < -0.4 is 11.1 Å². The Hall–Kier alpha value is -1.55. The minimum absolute atomic E-state index is 0.0370. The van der Waals surface area contributed by atoms with Crippen LogP contribution in [0.3, 0.4) is 0 Å². The molecule has 0 aromatic heterocycles. The molecule has 1 fully saturated rings. The Kier molecular flexibility index (Phi) is 4.65. The Balaban J connectivity index is 1.87. The SMILES string of the molecule is Cc1ccc(NC(=O)CN2CCC(C)C(C)C2)cc1N. The number of anilines is 2. The summed E-state index contributed by atoms with van der Waals surface area (Å²) in [6.07, 6.45) is 1.17. The van der Waals surface area contributed by atoms with Gasteiger partial charge in [0.25, 0.3) is 0 Å². The van der Waals surface area contributed by atoms with Crippen LogP contribution in [0.15, 0.2) is 18.2 Å². The van der Waals surface area contributed by atoms with Crippen molar-refractivity contribution in [1.82, 2.24) is 4.90 Å². The topological polar surface area (TPSA) is 58.4 Å². The van der Waals surface area contributed by atoms with Gasteiger partial charge in [-0.2, -0.15) is 0 Å². The predicted molar refractivity (Wildman–Crippen MR) is 83.6 cm³/mol. The molecule has 0 radical (unpaired) electrons. The first-order valence-corrected chi connectivity index (χ1v) is 7.34. The van der Waals surface area contributed by atoms with Gasteiger partial charge in [-0.15, -0.1) is 0 Å². The molecule has 1 amide bonds. The molecule has 3 N–H and O–H groups in total. The molecule has 0 spiro atoms. The highest BCUT2D eigenvalue weighted by atomic mass is 16.2. The van der Waals surface area contributed by atoms with Gasteiger partial charge in [0.15, 0.2) is 0 Å². The van der Waals surface area contributed by atoms with Gasteiger partial charge in [-0.25, -0.2) is 0 Å². The van der Waals surface area contributed by atoms with Crippen LogP contribution in [-0.2, 0) is 4.79 Å². The molecule has 2 atom stereocenters. The number of hydrogen-bond donors (Lipinski definition) is 2. The summed E-state index contributed by atoms with van der Waals surface area (Å²) in [6, 6.07) is 5.63. The van der Waals surface area contributed by atoms with E-state index in [1.807, 2.05) is 25.1 Å². The van der Waals surface area contributed by atoms with Crippen LogP contribution in [-0.4, -0.2) is 30.4 Å².